The minimum atomic E-state index is -0.125. The molecule has 0 heterocycles. The highest BCUT2D eigenvalue weighted by Crippen LogP contribution is 1.64. The summed E-state index contributed by atoms with van der Waals surface area (Å²) in [5.74, 6) is 0. The van der Waals surface area contributed by atoms with Crippen LogP contribution in [0.25, 0.3) is 0 Å². The molecule has 5 heteroatoms. The van der Waals surface area contributed by atoms with Crippen LogP contribution in [-0.4, -0.2) is 36.6 Å². The van der Waals surface area contributed by atoms with Crippen LogP contribution < -0.4 is 0 Å². The molecule has 0 atom stereocenters. The molecule has 0 fully saturated rings. The lowest BCUT2D eigenvalue weighted by Crippen LogP contribution is -1.85. The summed E-state index contributed by atoms with van der Waals surface area (Å²) in [6, 6.07) is 3.50. The number of ether oxygens (including phenoxy) is 1. The van der Waals surface area contributed by atoms with Gasteiger partial charge in [0.2, 0.25) is 0 Å². The molecule has 0 saturated carbocycles. The van der Waals surface area contributed by atoms with Gasteiger partial charge in [-0.1, -0.05) is 0 Å². The number of aliphatic hydroxyl groups excluding tert-OH is 2. The van der Waals surface area contributed by atoms with E-state index in [-0.39, 0.29) is 13.2 Å². The van der Waals surface area contributed by atoms with Crippen molar-refractivity contribution in [1.82, 2.24) is 0 Å². The lowest BCUT2D eigenvalue weighted by molar-refractivity contribution is 0.162. The van der Waals surface area contributed by atoms with Gasteiger partial charge >= 0.3 is 0 Å². The number of rotatable bonds is 3. The normalized spacial score (nSPS) is 5.87. The first-order valence-corrected chi connectivity index (χ1v) is 4.57. The molecule has 0 rings (SSSR count). The summed E-state index contributed by atoms with van der Waals surface area (Å²) in [6.07, 6.45) is 0. The Kier molecular flexibility index (Phi) is 82.8. The van der Waals surface area contributed by atoms with Crippen molar-refractivity contribution >= 4 is 0 Å². The fourth-order valence-electron chi connectivity index (χ4n) is 0.204. The Hall–Kier alpha value is -1.14. The molecule has 0 radical (unpaired) electrons. The Morgan fingerprint density at radius 2 is 1.13 bits per heavy atom. The molecule has 0 aliphatic rings. The summed E-state index contributed by atoms with van der Waals surface area (Å²) in [5.41, 5.74) is 0. The first-order valence-electron chi connectivity index (χ1n) is 4.57. The molecule has 5 nitrogen and oxygen atoms in total. The lowest BCUT2D eigenvalue weighted by Gasteiger charge is -1.86. The van der Waals surface area contributed by atoms with E-state index in [2.05, 4.69) is 0 Å². The van der Waals surface area contributed by atoms with Gasteiger partial charge in [-0.2, -0.15) is 10.5 Å². The molecule has 0 spiro atoms. The lowest BCUT2D eigenvalue weighted by atomic mass is 10.8. The van der Waals surface area contributed by atoms with E-state index in [1.807, 2.05) is 13.8 Å². The molecule has 2 N–H and O–H groups in total. The van der Waals surface area contributed by atoms with E-state index < -0.39 is 0 Å². The van der Waals surface area contributed by atoms with Gasteiger partial charge in [0.1, 0.15) is 0 Å². The SMILES string of the molecule is CC#N.CC#N.CCOCC.OCCO. The van der Waals surface area contributed by atoms with E-state index in [1.165, 1.54) is 13.8 Å². The van der Waals surface area contributed by atoms with Crippen LogP contribution in [0.4, 0.5) is 0 Å². The van der Waals surface area contributed by atoms with Gasteiger partial charge in [0.25, 0.3) is 0 Å². The maximum Gasteiger partial charge on any atom is 0.0662 e. The molecule has 90 valence electrons. The first-order chi connectivity index (χ1) is 7.16. The standard InChI is InChI=1S/C4H10O.2C2H3N.C2H6O2/c1-3-5-4-2;2*1-2-3;3-1-2-4/h3-4H2,1-2H3;2*1H3;3-4H,1-2H2. The van der Waals surface area contributed by atoms with Gasteiger partial charge in [0.15, 0.2) is 0 Å². The van der Waals surface area contributed by atoms with Crippen LogP contribution in [0.2, 0.25) is 0 Å². The van der Waals surface area contributed by atoms with Gasteiger partial charge in [-0.25, -0.2) is 0 Å². The zero-order valence-corrected chi connectivity index (χ0v) is 10.0. The van der Waals surface area contributed by atoms with Gasteiger partial charge in [0, 0.05) is 27.1 Å². The molecule has 0 aromatic rings. The fourth-order valence-corrected chi connectivity index (χ4v) is 0.204. The van der Waals surface area contributed by atoms with Crippen molar-refractivity contribution in [2.75, 3.05) is 26.4 Å². The third kappa shape index (κ3) is 438. The van der Waals surface area contributed by atoms with E-state index in [4.69, 9.17) is 25.5 Å². The minimum absolute atomic E-state index is 0.125. The van der Waals surface area contributed by atoms with Gasteiger partial charge in [-0.3, -0.25) is 0 Å². The average molecular weight is 218 g/mol. The van der Waals surface area contributed by atoms with Crippen LogP contribution >= 0.6 is 0 Å². The van der Waals surface area contributed by atoms with Crippen LogP contribution in [0.15, 0.2) is 0 Å². The molecular weight excluding hydrogens is 196 g/mol. The van der Waals surface area contributed by atoms with Crippen molar-refractivity contribution in [1.29, 1.82) is 10.5 Å². The maximum atomic E-state index is 7.62. The number of aliphatic hydroxyl groups is 2. The van der Waals surface area contributed by atoms with Crippen molar-refractivity contribution in [3.63, 3.8) is 0 Å². The molecular formula is C10H22N2O3. The molecule has 0 unspecified atom stereocenters. The highest BCUT2D eigenvalue weighted by atomic mass is 16.5. The molecule has 0 aromatic heterocycles. The molecule has 0 bridgehead atoms. The first kappa shape index (κ1) is 23.6. The largest absolute Gasteiger partial charge is 0.394 e. The fraction of sp³-hybridized carbons (Fsp3) is 0.800. The molecule has 0 amide bonds. The van der Waals surface area contributed by atoms with E-state index >= 15 is 0 Å². The van der Waals surface area contributed by atoms with Crippen LogP contribution in [-0.2, 0) is 4.74 Å². The Morgan fingerprint density at radius 3 is 1.13 bits per heavy atom. The van der Waals surface area contributed by atoms with E-state index in [0.29, 0.717) is 0 Å². The van der Waals surface area contributed by atoms with E-state index in [1.54, 1.807) is 12.1 Å². The van der Waals surface area contributed by atoms with Gasteiger partial charge in [-0.15, -0.1) is 0 Å². The smallest absolute Gasteiger partial charge is 0.0662 e. The molecule has 0 saturated heterocycles. The second-order valence-corrected chi connectivity index (χ2v) is 1.68. The van der Waals surface area contributed by atoms with Crippen molar-refractivity contribution in [3.8, 4) is 12.1 Å². The van der Waals surface area contributed by atoms with Crippen LogP contribution in [0, 0.1) is 22.7 Å². The maximum absolute atomic E-state index is 7.62. The van der Waals surface area contributed by atoms with Crippen molar-refractivity contribution in [3.05, 3.63) is 0 Å². The summed E-state index contributed by atoms with van der Waals surface area (Å²) in [4.78, 5) is 0. The average Bonchev–Trinajstić information content (AvgIpc) is 2.22. The summed E-state index contributed by atoms with van der Waals surface area (Å²) < 4.78 is 4.83. The number of nitriles is 2. The Balaban J connectivity index is -0.0000000553. The summed E-state index contributed by atoms with van der Waals surface area (Å²) in [6.45, 7) is 8.28. The van der Waals surface area contributed by atoms with Gasteiger partial charge < -0.3 is 14.9 Å². The highest BCUT2D eigenvalue weighted by Gasteiger charge is 1.64. The van der Waals surface area contributed by atoms with Crippen molar-refractivity contribution in [2.45, 2.75) is 27.7 Å². The zero-order chi connectivity index (χ0) is 12.9. The van der Waals surface area contributed by atoms with Crippen LogP contribution in [0.3, 0.4) is 0 Å². The van der Waals surface area contributed by atoms with Gasteiger partial charge in [0.05, 0.1) is 25.4 Å². The van der Waals surface area contributed by atoms with Gasteiger partial charge in [-0.05, 0) is 13.8 Å². The zero-order valence-electron chi connectivity index (χ0n) is 10.0. The highest BCUT2D eigenvalue weighted by molar-refractivity contribution is 4.51. The second kappa shape index (κ2) is 52.7. The van der Waals surface area contributed by atoms with Crippen LogP contribution in [0.5, 0.6) is 0 Å². The molecule has 0 aliphatic heterocycles. The number of hydrogen-bond acceptors (Lipinski definition) is 5. The number of nitrogens with zero attached hydrogens (tertiary/aromatic N) is 2. The van der Waals surface area contributed by atoms with E-state index in [0.717, 1.165) is 13.2 Å². The molecule has 15 heavy (non-hydrogen) atoms. The summed E-state index contributed by atoms with van der Waals surface area (Å²) in [5, 5.41) is 29.9. The second-order valence-electron chi connectivity index (χ2n) is 1.68. The van der Waals surface area contributed by atoms with Crippen LogP contribution in [0.1, 0.15) is 27.7 Å². The summed E-state index contributed by atoms with van der Waals surface area (Å²) >= 11 is 0. The molecule has 0 aromatic carbocycles. The Labute approximate surface area is 92.5 Å². The monoisotopic (exact) mass is 218 g/mol. The quantitative estimate of drug-likeness (QED) is 0.738. The predicted molar refractivity (Wildman–Crippen MR) is 58.9 cm³/mol. The Bertz CT molecular complexity index is 123. The van der Waals surface area contributed by atoms with Crippen molar-refractivity contribution in [2.24, 2.45) is 0 Å². The third-order valence-electron chi connectivity index (χ3n) is 0.508. The topological polar surface area (TPSA) is 97.3 Å². The van der Waals surface area contributed by atoms with E-state index in [9.17, 15) is 0 Å². The molecule has 0 aliphatic carbocycles. The minimum Gasteiger partial charge on any atom is -0.394 e. The summed E-state index contributed by atoms with van der Waals surface area (Å²) in [7, 11) is 0. The number of hydrogen-bond donors (Lipinski definition) is 2. The van der Waals surface area contributed by atoms with Crippen molar-refractivity contribution < 1.29 is 14.9 Å². The predicted octanol–water partition coefficient (Wildman–Crippen LogP) is 1.07. The third-order valence-corrected chi connectivity index (χ3v) is 0.508. The Morgan fingerprint density at radius 1 is 0.933 bits per heavy atom.